The Hall–Kier alpha value is -0.450. The minimum absolute atomic E-state index is 0.472. The van der Waals surface area contributed by atoms with Gasteiger partial charge in [-0.2, -0.15) is 0 Å². The molecule has 1 aliphatic rings. The minimum Gasteiger partial charge on any atom is -0.314 e. The molecule has 0 radical (unpaired) electrons. The molecule has 0 spiro atoms. The molecule has 1 saturated heterocycles. The predicted molar refractivity (Wildman–Crippen MR) is 74.0 cm³/mol. The quantitative estimate of drug-likeness (QED) is 0.866. The van der Waals surface area contributed by atoms with Gasteiger partial charge in [-0.25, -0.2) is 4.98 Å². The molecule has 0 bridgehead atoms. The molecule has 0 unspecified atom stereocenters. The van der Waals surface area contributed by atoms with Gasteiger partial charge in [-0.15, -0.1) is 0 Å². The number of hydrogen-bond donors (Lipinski definition) is 1. The van der Waals surface area contributed by atoms with Gasteiger partial charge in [0.15, 0.2) is 0 Å². The van der Waals surface area contributed by atoms with Crippen LogP contribution in [0.3, 0.4) is 0 Å². The van der Waals surface area contributed by atoms with E-state index in [1.807, 2.05) is 6.07 Å². The average Bonchev–Trinajstić information content (AvgIpc) is 2.37. The summed E-state index contributed by atoms with van der Waals surface area (Å²) < 4.78 is 0.936. The van der Waals surface area contributed by atoms with E-state index in [4.69, 9.17) is 0 Å². The van der Waals surface area contributed by atoms with Gasteiger partial charge in [0.25, 0.3) is 0 Å². The number of nitrogens with one attached hydrogen (secondary N) is 1. The molecule has 4 heteroatoms. The first-order valence-corrected chi connectivity index (χ1v) is 7.18. The number of aromatic nitrogens is 1. The van der Waals surface area contributed by atoms with Crippen molar-refractivity contribution in [3.63, 3.8) is 0 Å². The molecule has 2 heterocycles. The van der Waals surface area contributed by atoms with Crippen LogP contribution in [-0.4, -0.2) is 36.1 Å². The standard InChI is InChI=1S/C13H20BrN3/c1-2-4-12(17-9-7-15-8-10-17)11-5-3-6-13(14)16-11/h3,5-6,12,15H,2,4,7-10H2,1H3/t12-/m0/s1. The number of piperazine rings is 1. The van der Waals surface area contributed by atoms with Crippen LogP contribution in [0.2, 0.25) is 0 Å². The molecule has 0 aromatic carbocycles. The molecule has 0 amide bonds. The van der Waals surface area contributed by atoms with Gasteiger partial charge in [0.05, 0.1) is 11.7 Å². The van der Waals surface area contributed by atoms with E-state index in [0.717, 1.165) is 30.8 Å². The fourth-order valence-electron chi connectivity index (χ4n) is 2.39. The first-order chi connectivity index (χ1) is 8.31. The average molecular weight is 298 g/mol. The van der Waals surface area contributed by atoms with Crippen LogP contribution >= 0.6 is 15.9 Å². The lowest BCUT2D eigenvalue weighted by molar-refractivity contribution is 0.161. The zero-order valence-corrected chi connectivity index (χ0v) is 11.9. The second-order valence-corrected chi connectivity index (χ2v) is 5.29. The summed E-state index contributed by atoms with van der Waals surface area (Å²) in [4.78, 5) is 7.17. The minimum atomic E-state index is 0.472. The maximum Gasteiger partial charge on any atom is 0.106 e. The van der Waals surface area contributed by atoms with Crippen molar-refractivity contribution in [2.45, 2.75) is 25.8 Å². The molecular formula is C13H20BrN3. The highest BCUT2D eigenvalue weighted by Gasteiger charge is 2.22. The Morgan fingerprint density at radius 3 is 2.82 bits per heavy atom. The summed E-state index contributed by atoms with van der Waals surface area (Å²) in [5.74, 6) is 0. The molecule has 1 aromatic heterocycles. The zero-order chi connectivity index (χ0) is 12.1. The van der Waals surface area contributed by atoms with Gasteiger partial charge in [-0.1, -0.05) is 19.4 Å². The van der Waals surface area contributed by atoms with E-state index in [1.54, 1.807) is 0 Å². The predicted octanol–water partition coefficient (Wildman–Crippen LogP) is 2.59. The van der Waals surface area contributed by atoms with Crippen LogP contribution in [-0.2, 0) is 0 Å². The normalized spacial score (nSPS) is 19.2. The largest absolute Gasteiger partial charge is 0.314 e. The smallest absolute Gasteiger partial charge is 0.106 e. The zero-order valence-electron chi connectivity index (χ0n) is 10.3. The highest BCUT2D eigenvalue weighted by molar-refractivity contribution is 9.10. The van der Waals surface area contributed by atoms with Crippen molar-refractivity contribution >= 4 is 15.9 Å². The van der Waals surface area contributed by atoms with Crippen LogP contribution in [0.5, 0.6) is 0 Å². The number of rotatable bonds is 4. The van der Waals surface area contributed by atoms with Crippen molar-refractivity contribution in [3.05, 3.63) is 28.5 Å². The Labute approximate surface area is 112 Å². The molecule has 17 heavy (non-hydrogen) atoms. The molecule has 2 rings (SSSR count). The van der Waals surface area contributed by atoms with E-state index < -0.39 is 0 Å². The van der Waals surface area contributed by atoms with Crippen molar-refractivity contribution in [2.24, 2.45) is 0 Å². The lowest BCUT2D eigenvalue weighted by atomic mass is 10.0. The lowest BCUT2D eigenvalue weighted by Gasteiger charge is -2.34. The topological polar surface area (TPSA) is 28.2 Å². The van der Waals surface area contributed by atoms with Crippen LogP contribution in [0.15, 0.2) is 22.8 Å². The fourth-order valence-corrected chi connectivity index (χ4v) is 2.75. The summed E-state index contributed by atoms with van der Waals surface area (Å²) in [6, 6.07) is 6.69. The molecule has 1 aromatic rings. The van der Waals surface area contributed by atoms with Crippen LogP contribution < -0.4 is 5.32 Å². The van der Waals surface area contributed by atoms with Gasteiger partial charge in [0.2, 0.25) is 0 Å². The number of nitrogens with zero attached hydrogens (tertiary/aromatic N) is 2. The molecule has 1 atom stereocenters. The van der Waals surface area contributed by atoms with Crippen molar-refractivity contribution in [3.8, 4) is 0 Å². The van der Waals surface area contributed by atoms with Crippen LogP contribution in [0.25, 0.3) is 0 Å². The second kappa shape index (κ2) is 6.47. The Morgan fingerprint density at radius 2 is 2.18 bits per heavy atom. The second-order valence-electron chi connectivity index (χ2n) is 4.48. The first-order valence-electron chi connectivity index (χ1n) is 6.38. The molecule has 0 saturated carbocycles. The Morgan fingerprint density at radius 1 is 1.41 bits per heavy atom. The summed E-state index contributed by atoms with van der Waals surface area (Å²) in [6.07, 6.45) is 2.38. The Bertz CT molecular complexity index is 350. The van der Waals surface area contributed by atoms with Crippen molar-refractivity contribution in [2.75, 3.05) is 26.2 Å². The maximum atomic E-state index is 4.62. The Balaban J connectivity index is 2.15. The van der Waals surface area contributed by atoms with Gasteiger partial charge in [-0.05, 0) is 34.5 Å². The number of pyridine rings is 1. The molecular weight excluding hydrogens is 278 g/mol. The van der Waals surface area contributed by atoms with Gasteiger partial charge in [0.1, 0.15) is 4.60 Å². The number of halogens is 1. The van der Waals surface area contributed by atoms with E-state index >= 15 is 0 Å². The number of hydrogen-bond acceptors (Lipinski definition) is 3. The van der Waals surface area contributed by atoms with E-state index in [2.05, 4.69) is 50.2 Å². The van der Waals surface area contributed by atoms with Gasteiger partial charge < -0.3 is 5.32 Å². The Kier molecular flexibility index (Phi) is 4.95. The summed E-state index contributed by atoms with van der Waals surface area (Å²) in [6.45, 7) is 6.67. The maximum absolute atomic E-state index is 4.62. The highest BCUT2D eigenvalue weighted by Crippen LogP contribution is 2.25. The van der Waals surface area contributed by atoms with Gasteiger partial charge in [-0.3, -0.25) is 4.90 Å². The molecule has 3 nitrogen and oxygen atoms in total. The molecule has 1 N–H and O–H groups in total. The fraction of sp³-hybridized carbons (Fsp3) is 0.615. The van der Waals surface area contributed by atoms with E-state index in [0.29, 0.717) is 6.04 Å². The summed E-state index contributed by atoms with van der Waals surface area (Å²) in [5.41, 5.74) is 1.20. The first kappa shape index (κ1) is 13.0. The van der Waals surface area contributed by atoms with Crippen molar-refractivity contribution in [1.29, 1.82) is 0 Å². The third kappa shape index (κ3) is 3.50. The van der Waals surface area contributed by atoms with E-state index in [9.17, 15) is 0 Å². The third-order valence-corrected chi connectivity index (χ3v) is 3.67. The molecule has 1 fully saturated rings. The summed E-state index contributed by atoms with van der Waals surface area (Å²) >= 11 is 3.46. The molecule has 1 aliphatic heterocycles. The van der Waals surface area contributed by atoms with Crippen molar-refractivity contribution < 1.29 is 0 Å². The van der Waals surface area contributed by atoms with Crippen LogP contribution in [0.1, 0.15) is 31.5 Å². The highest BCUT2D eigenvalue weighted by atomic mass is 79.9. The third-order valence-electron chi connectivity index (χ3n) is 3.23. The SMILES string of the molecule is CCC[C@@H](c1cccc(Br)n1)N1CCNCC1. The molecule has 94 valence electrons. The molecule has 0 aliphatic carbocycles. The summed E-state index contributed by atoms with van der Waals surface area (Å²) in [7, 11) is 0. The van der Waals surface area contributed by atoms with Crippen LogP contribution in [0.4, 0.5) is 0 Å². The van der Waals surface area contributed by atoms with E-state index in [1.165, 1.54) is 18.5 Å². The lowest BCUT2D eigenvalue weighted by Crippen LogP contribution is -2.45. The van der Waals surface area contributed by atoms with Crippen molar-refractivity contribution in [1.82, 2.24) is 15.2 Å². The van der Waals surface area contributed by atoms with Crippen LogP contribution in [0, 0.1) is 0 Å². The summed E-state index contributed by atoms with van der Waals surface area (Å²) in [5, 5.41) is 3.40. The van der Waals surface area contributed by atoms with Gasteiger partial charge >= 0.3 is 0 Å². The monoisotopic (exact) mass is 297 g/mol. The van der Waals surface area contributed by atoms with E-state index in [-0.39, 0.29) is 0 Å². The van der Waals surface area contributed by atoms with Gasteiger partial charge in [0, 0.05) is 26.2 Å².